The fraction of sp³-hybridized carbons (Fsp3) is 0.429. The highest BCUT2D eigenvalue weighted by Crippen LogP contribution is 2.23. The fourth-order valence-corrected chi connectivity index (χ4v) is 1.77. The van der Waals surface area contributed by atoms with E-state index < -0.39 is 23.8 Å². The maximum atomic E-state index is 10.8. The number of carbonyl (C=O) groups excluding carboxylic acids is 1. The van der Waals surface area contributed by atoms with Gasteiger partial charge in [-0.05, 0) is 12.1 Å². The molecule has 0 aromatic carbocycles. The second kappa shape index (κ2) is 8.60. The van der Waals surface area contributed by atoms with E-state index in [9.17, 15) is 14.4 Å². The second-order valence-electron chi connectivity index (χ2n) is 4.50. The van der Waals surface area contributed by atoms with Gasteiger partial charge in [-0.25, -0.2) is 0 Å². The molecule has 0 aliphatic carbocycles. The highest BCUT2D eigenvalue weighted by atomic mass is 16.6. The lowest BCUT2D eigenvalue weighted by molar-refractivity contribution is -0.142. The zero-order valence-electron chi connectivity index (χ0n) is 12.0. The summed E-state index contributed by atoms with van der Waals surface area (Å²) in [6.07, 6.45) is 0.748. The summed E-state index contributed by atoms with van der Waals surface area (Å²) >= 11 is 0. The Morgan fingerprint density at radius 3 is 2.23 bits per heavy atom. The third kappa shape index (κ3) is 6.69. The van der Waals surface area contributed by atoms with Gasteiger partial charge >= 0.3 is 17.9 Å². The topological polar surface area (TPSA) is 123 Å². The van der Waals surface area contributed by atoms with Crippen molar-refractivity contribution in [1.29, 1.82) is 0 Å². The predicted molar refractivity (Wildman–Crippen MR) is 73.6 cm³/mol. The number of ether oxygens (including phenoxy) is 2. The van der Waals surface area contributed by atoms with Crippen LogP contribution < -0.4 is 4.74 Å². The Morgan fingerprint density at radius 1 is 1.14 bits per heavy atom. The van der Waals surface area contributed by atoms with Gasteiger partial charge in [0, 0.05) is 18.5 Å². The minimum Gasteiger partial charge on any atom is -0.488 e. The molecule has 0 spiro atoms. The van der Waals surface area contributed by atoms with Gasteiger partial charge in [0.2, 0.25) is 0 Å². The highest BCUT2D eigenvalue weighted by molar-refractivity contribution is 5.72. The van der Waals surface area contributed by atoms with Crippen LogP contribution in [-0.2, 0) is 19.1 Å². The number of carboxylic acid groups (broad SMARTS) is 2. The van der Waals surface area contributed by atoms with Gasteiger partial charge in [-0.15, -0.1) is 0 Å². The third-order valence-corrected chi connectivity index (χ3v) is 2.68. The number of carboxylic acids is 2. The van der Waals surface area contributed by atoms with E-state index in [0.717, 1.165) is 0 Å². The molecule has 0 fully saturated rings. The van der Waals surface area contributed by atoms with Crippen molar-refractivity contribution in [2.24, 2.45) is 0 Å². The van der Waals surface area contributed by atoms with Gasteiger partial charge in [0.15, 0.2) is 0 Å². The first-order valence-corrected chi connectivity index (χ1v) is 6.54. The SMILES string of the molecule is CC(=O)OCCOc1ccc(C(CC(=O)O)CC(=O)O)nc1. The molecule has 0 bridgehead atoms. The lowest BCUT2D eigenvalue weighted by Gasteiger charge is -2.12. The first-order chi connectivity index (χ1) is 10.4. The monoisotopic (exact) mass is 311 g/mol. The Bertz CT molecular complexity index is 510. The van der Waals surface area contributed by atoms with Gasteiger partial charge < -0.3 is 19.7 Å². The van der Waals surface area contributed by atoms with Gasteiger partial charge in [-0.1, -0.05) is 0 Å². The Morgan fingerprint density at radius 2 is 1.77 bits per heavy atom. The first kappa shape index (κ1) is 17.4. The molecule has 1 heterocycles. The molecular weight excluding hydrogens is 294 g/mol. The molecule has 0 aliphatic heterocycles. The number of nitrogens with zero attached hydrogens (tertiary/aromatic N) is 1. The third-order valence-electron chi connectivity index (χ3n) is 2.68. The van der Waals surface area contributed by atoms with Crippen molar-refractivity contribution in [1.82, 2.24) is 4.98 Å². The molecule has 22 heavy (non-hydrogen) atoms. The number of carbonyl (C=O) groups is 3. The van der Waals surface area contributed by atoms with E-state index in [4.69, 9.17) is 19.7 Å². The Hall–Kier alpha value is -2.64. The van der Waals surface area contributed by atoms with E-state index in [0.29, 0.717) is 11.4 Å². The van der Waals surface area contributed by atoms with E-state index in [1.165, 1.54) is 19.2 Å². The maximum Gasteiger partial charge on any atom is 0.304 e. The van der Waals surface area contributed by atoms with Crippen molar-refractivity contribution in [3.05, 3.63) is 24.0 Å². The maximum absolute atomic E-state index is 10.8. The van der Waals surface area contributed by atoms with Crippen molar-refractivity contribution in [2.75, 3.05) is 13.2 Å². The van der Waals surface area contributed by atoms with Gasteiger partial charge in [-0.3, -0.25) is 19.4 Å². The minimum absolute atomic E-state index is 0.109. The Balaban J connectivity index is 2.61. The summed E-state index contributed by atoms with van der Waals surface area (Å²) in [5.74, 6) is -2.86. The van der Waals surface area contributed by atoms with Crippen molar-refractivity contribution < 1.29 is 34.1 Å². The van der Waals surface area contributed by atoms with Crippen molar-refractivity contribution in [2.45, 2.75) is 25.7 Å². The van der Waals surface area contributed by atoms with Gasteiger partial charge in [0.1, 0.15) is 19.0 Å². The molecule has 0 atom stereocenters. The standard InChI is InChI=1S/C14H17NO7/c1-9(16)21-4-5-22-11-2-3-12(15-8-11)10(6-13(17)18)7-14(19)20/h2-3,8,10H,4-7H2,1H3,(H,17,18)(H,19,20). The van der Waals surface area contributed by atoms with E-state index in [1.54, 1.807) is 6.07 Å². The number of hydrogen-bond acceptors (Lipinski definition) is 6. The first-order valence-electron chi connectivity index (χ1n) is 6.54. The molecule has 8 nitrogen and oxygen atoms in total. The normalized spacial score (nSPS) is 10.3. The van der Waals surface area contributed by atoms with Crippen LogP contribution in [0.4, 0.5) is 0 Å². The summed E-state index contributed by atoms with van der Waals surface area (Å²) in [7, 11) is 0. The molecule has 0 amide bonds. The summed E-state index contributed by atoms with van der Waals surface area (Å²) in [6, 6.07) is 3.09. The molecule has 1 aromatic heterocycles. The van der Waals surface area contributed by atoms with Crippen LogP contribution in [0, 0.1) is 0 Å². The van der Waals surface area contributed by atoms with Crippen LogP contribution in [0.3, 0.4) is 0 Å². The van der Waals surface area contributed by atoms with Gasteiger partial charge in [0.25, 0.3) is 0 Å². The minimum atomic E-state index is -1.09. The van der Waals surface area contributed by atoms with Gasteiger partial charge in [-0.2, -0.15) is 0 Å². The quantitative estimate of drug-likeness (QED) is 0.512. The van der Waals surface area contributed by atoms with Crippen LogP contribution in [0.1, 0.15) is 31.4 Å². The summed E-state index contributed by atoms with van der Waals surface area (Å²) in [5.41, 5.74) is 0.372. The highest BCUT2D eigenvalue weighted by Gasteiger charge is 2.20. The Kier molecular flexibility index (Phi) is 6.81. The van der Waals surface area contributed by atoms with Crippen molar-refractivity contribution in [3.8, 4) is 5.75 Å². The molecule has 0 radical (unpaired) electrons. The largest absolute Gasteiger partial charge is 0.488 e. The smallest absolute Gasteiger partial charge is 0.304 e. The second-order valence-corrected chi connectivity index (χ2v) is 4.50. The predicted octanol–water partition coefficient (Wildman–Crippen LogP) is 1.06. The van der Waals surface area contributed by atoms with Crippen LogP contribution in [0.2, 0.25) is 0 Å². The average Bonchev–Trinajstić information content (AvgIpc) is 2.42. The fourth-order valence-electron chi connectivity index (χ4n) is 1.77. The molecule has 8 heteroatoms. The molecule has 0 saturated heterocycles. The van der Waals surface area contributed by atoms with Crippen LogP contribution in [0.15, 0.2) is 18.3 Å². The number of aliphatic carboxylic acids is 2. The van der Waals surface area contributed by atoms with E-state index in [-0.39, 0.29) is 26.1 Å². The summed E-state index contributed by atoms with van der Waals surface area (Å²) < 4.78 is 9.98. The van der Waals surface area contributed by atoms with E-state index in [2.05, 4.69) is 4.98 Å². The van der Waals surface area contributed by atoms with E-state index >= 15 is 0 Å². The molecule has 0 saturated carbocycles. The van der Waals surface area contributed by atoms with Crippen LogP contribution in [-0.4, -0.2) is 46.3 Å². The Labute approximate surface area is 126 Å². The van der Waals surface area contributed by atoms with E-state index in [1.807, 2.05) is 0 Å². The number of esters is 1. The lowest BCUT2D eigenvalue weighted by Crippen LogP contribution is -2.13. The van der Waals surface area contributed by atoms with Crippen molar-refractivity contribution in [3.63, 3.8) is 0 Å². The molecule has 120 valence electrons. The number of hydrogen-bond donors (Lipinski definition) is 2. The van der Waals surface area contributed by atoms with Crippen LogP contribution in [0.25, 0.3) is 0 Å². The lowest BCUT2D eigenvalue weighted by atomic mass is 9.97. The zero-order valence-corrected chi connectivity index (χ0v) is 12.0. The summed E-state index contributed by atoms with van der Waals surface area (Å²) in [5, 5.41) is 17.6. The van der Waals surface area contributed by atoms with Crippen LogP contribution in [0.5, 0.6) is 5.75 Å². The molecule has 1 aromatic rings. The summed E-state index contributed by atoms with van der Waals surface area (Å²) in [4.78, 5) is 36.2. The number of aromatic nitrogens is 1. The molecule has 1 rings (SSSR count). The molecule has 0 aliphatic rings. The summed E-state index contributed by atoms with van der Waals surface area (Å²) in [6.45, 7) is 1.56. The zero-order chi connectivity index (χ0) is 16.5. The molecular formula is C14H17NO7. The molecule has 0 unspecified atom stereocenters. The van der Waals surface area contributed by atoms with Crippen LogP contribution >= 0.6 is 0 Å². The van der Waals surface area contributed by atoms with Crippen molar-refractivity contribution >= 4 is 17.9 Å². The molecule has 2 N–H and O–H groups in total. The average molecular weight is 311 g/mol. The van der Waals surface area contributed by atoms with Gasteiger partial charge in [0.05, 0.1) is 19.0 Å². The number of pyridine rings is 1. The number of rotatable bonds is 9.